The molecule has 0 bridgehead atoms. The van der Waals surface area contributed by atoms with E-state index in [-0.39, 0.29) is 18.1 Å². The van der Waals surface area contributed by atoms with Gasteiger partial charge in [0, 0.05) is 34.6 Å². The summed E-state index contributed by atoms with van der Waals surface area (Å²) in [5, 5.41) is 8.21. The van der Waals surface area contributed by atoms with E-state index in [2.05, 4.69) is 43.3 Å². The van der Waals surface area contributed by atoms with Gasteiger partial charge < -0.3 is 32.2 Å². The van der Waals surface area contributed by atoms with Crippen molar-refractivity contribution in [1.29, 1.82) is 0 Å². The summed E-state index contributed by atoms with van der Waals surface area (Å²) in [5.74, 6) is -0.481. The molecule has 50 heavy (non-hydrogen) atoms. The molecule has 1 aliphatic carbocycles. The Morgan fingerprint density at radius 2 is 1.82 bits per heavy atom. The van der Waals surface area contributed by atoms with Crippen molar-refractivity contribution in [2.45, 2.75) is 78.6 Å². The molecule has 0 saturated heterocycles. The largest absolute Gasteiger partial charge is 0.447 e. The molecule has 1 unspecified atom stereocenters. The van der Waals surface area contributed by atoms with E-state index in [0.29, 0.717) is 50.5 Å². The SMILES string of the molecule is C/C=C\C=C(/N)c1cc([C@@H](COC(=O)NC2(C)CC2)N2C(=O)C(c3ccc(/C(=C/NC(F)F)CNC)cc3)N=C2N)ccc1Cl.CC(C)(C)C. The molecule has 13 heteroatoms. The van der Waals surface area contributed by atoms with Crippen molar-refractivity contribution in [3.63, 3.8) is 0 Å². The third-order valence-electron chi connectivity index (χ3n) is 7.57. The molecular weight excluding hydrogens is 664 g/mol. The first-order chi connectivity index (χ1) is 23.5. The normalized spacial score (nSPS) is 18.1. The van der Waals surface area contributed by atoms with E-state index >= 15 is 0 Å². The van der Waals surface area contributed by atoms with Crippen LogP contribution in [0.5, 0.6) is 0 Å². The van der Waals surface area contributed by atoms with Gasteiger partial charge >= 0.3 is 12.6 Å². The molecule has 4 rings (SSSR count). The number of hydrogen-bond donors (Lipinski definition) is 5. The molecule has 0 radical (unpaired) electrons. The first kappa shape index (κ1) is 40.0. The highest BCUT2D eigenvalue weighted by Crippen LogP contribution is 2.36. The van der Waals surface area contributed by atoms with E-state index in [0.717, 1.165) is 12.8 Å². The molecule has 0 spiro atoms. The number of carbonyl (C=O) groups is 2. The number of nitrogens with zero attached hydrogens (tertiary/aromatic N) is 2. The second kappa shape index (κ2) is 17.5. The number of hydrogen-bond acceptors (Lipinski definition) is 8. The fourth-order valence-electron chi connectivity index (χ4n) is 4.83. The molecule has 7 N–H and O–H groups in total. The van der Waals surface area contributed by atoms with Gasteiger partial charge in [-0.3, -0.25) is 9.69 Å². The predicted octanol–water partition coefficient (Wildman–Crippen LogP) is 6.86. The van der Waals surface area contributed by atoms with E-state index in [9.17, 15) is 18.4 Å². The maximum absolute atomic E-state index is 13.9. The Morgan fingerprint density at radius 3 is 2.38 bits per heavy atom. The number of amides is 2. The van der Waals surface area contributed by atoms with Crippen molar-refractivity contribution in [2.75, 3.05) is 20.2 Å². The summed E-state index contributed by atoms with van der Waals surface area (Å²) >= 11 is 6.47. The Bertz CT molecular complexity index is 1610. The van der Waals surface area contributed by atoms with Crippen molar-refractivity contribution in [3.05, 3.63) is 94.2 Å². The lowest BCUT2D eigenvalue weighted by Gasteiger charge is -2.29. The number of carbonyl (C=O) groups excluding carboxylic acids is 2. The number of rotatable bonds is 13. The summed E-state index contributed by atoms with van der Waals surface area (Å²) in [6, 6.07) is 10.1. The summed E-state index contributed by atoms with van der Waals surface area (Å²) in [4.78, 5) is 32.3. The van der Waals surface area contributed by atoms with Crippen LogP contribution in [0.4, 0.5) is 13.6 Å². The Hall–Kier alpha value is -4.42. The maximum atomic E-state index is 13.9. The van der Waals surface area contributed by atoms with Gasteiger partial charge in [-0.25, -0.2) is 9.79 Å². The lowest BCUT2D eigenvalue weighted by atomic mass is 9.99. The third kappa shape index (κ3) is 11.9. The molecule has 2 amide bonds. The highest BCUT2D eigenvalue weighted by molar-refractivity contribution is 6.32. The lowest BCUT2D eigenvalue weighted by Crippen LogP contribution is -2.44. The summed E-state index contributed by atoms with van der Waals surface area (Å²) in [6.07, 6.45) is 7.65. The second-order valence-corrected chi connectivity index (χ2v) is 14.5. The summed E-state index contributed by atoms with van der Waals surface area (Å²) in [6.45, 7) is 9.95. The minimum atomic E-state index is -2.70. The number of guanidine groups is 1. The molecule has 1 fully saturated rings. The first-order valence-electron chi connectivity index (χ1n) is 16.4. The number of allylic oxidation sites excluding steroid dienone is 3. The van der Waals surface area contributed by atoms with Gasteiger partial charge in [-0.15, -0.1) is 0 Å². The molecule has 0 aromatic heterocycles. The highest BCUT2D eigenvalue weighted by Gasteiger charge is 2.42. The molecule has 1 heterocycles. The number of alkyl halides is 2. The van der Waals surface area contributed by atoms with E-state index in [1.807, 2.05) is 25.2 Å². The van der Waals surface area contributed by atoms with Gasteiger partial charge in [0.05, 0.1) is 6.04 Å². The Labute approximate surface area is 299 Å². The van der Waals surface area contributed by atoms with Crippen molar-refractivity contribution in [3.8, 4) is 0 Å². The molecule has 10 nitrogen and oxygen atoms in total. The Kier molecular flexibility index (Phi) is 14.0. The molecule has 2 aromatic rings. The number of aliphatic imine (C=N–C) groups is 1. The first-order valence-corrected chi connectivity index (χ1v) is 16.8. The van der Waals surface area contributed by atoms with E-state index < -0.39 is 30.6 Å². The smallest absolute Gasteiger partial charge is 0.407 e. The summed E-state index contributed by atoms with van der Waals surface area (Å²) in [7, 11) is 1.71. The lowest BCUT2D eigenvalue weighted by molar-refractivity contribution is -0.129. The van der Waals surface area contributed by atoms with Gasteiger partial charge in [0.1, 0.15) is 6.61 Å². The number of benzene rings is 2. The van der Waals surface area contributed by atoms with Crippen molar-refractivity contribution in [1.82, 2.24) is 20.9 Å². The Morgan fingerprint density at radius 1 is 1.18 bits per heavy atom. The minimum absolute atomic E-state index is 0.0527. The average Bonchev–Trinajstić information content (AvgIpc) is 3.69. The molecule has 2 atom stereocenters. The predicted molar refractivity (Wildman–Crippen MR) is 197 cm³/mol. The van der Waals surface area contributed by atoms with Crippen LogP contribution >= 0.6 is 11.6 Å². The van der Waals surface area contributed by atoms with Crippen LogP contribution < -0.4 is 27.4 Å². The Balaban J connectivity index is 0.00000126. The summed E-state index contributed by atoms with van der Waals surface area (Å²) < 4.78 is 31.1. The molecule has 272 valence electrons. The van der Waals surface area contributed by atoms with E-state index in [1.54, 1.807) is 61.7 Å². The zero-order valence-electron chi connectivity index (χ0n) is 29.8. The summed E-state index contributed by atoms with van der Waals surface area (Å²) in [5.41, 5.74) is 16.2. The van der Waals surface area contributed by atoms with E-state index in [4.69, 9.17) is 27.8 Å². The number of ether oxygens (including phenoxy) is 1. The van der Waals surface area contributed by atoms with Crippen LogP contribution in [0.3, 0.4) is 0 Å². The molecule has 1 aliphatic heterocycles. The van der Waals surface area contributed by atoms with Crippen molar-refractivity contribution < 1.29 is 23.1 Å². The molecular formula is C37H50ClF2N7O3. The van der Waals surface area contributed by atoms with Gasteiger partial charge in [-0.1, -0.05) is 81.8 Å². The van der Waals surface area contributed by atoms with E-state index in [1.165, 1.54) is 11.1 Å². The standard InChI is InChI=1S/C32H38ClF2N7O3.C5H12/c1-4-5-6-25(36)23-15-21(11-12-24(23)33)26(18-45-31(44)41-32(2)13-14-32)42-28(43)27(40-30(42)37)20-9-7-19(8-10-20)22(16-38-3)17-39-29(34)35;1-5(2,3)4/h4-12,15,17,26-27,29,38-39H,13-14,16,18,36H2,1-3H3,(H2,37,40)(H,41,44);1-4H3/b5-4-,22-17+,25-6-;/t26-,27?;/m1./s1. The van der Waals surface area contributed by atoms with Crippen LogP contribution in [-0.4, -0.2) is 55.1 Å². The fourth-order valence-corrected chi connectivity index (χ4v) is 5.05. The van der Waals surface area contributed by atoms with Crippen molar-refractivity contribution in [2.24, 2.45) is 21.9 Å². The number of halogens is 3. The van der Waals surface area contributed by atoms with Gasteiger partial charge in [0.2, 0.25) is 0 Å². The average molecular weight is 714 g/mol. The minimum Gasteiger partial charge on any atom is -0.447 e. The van der Waals surface area contributed by atoms with Crippen LogP contribution in [0.25, 0.3) is 11.3 Å². The third-order valence-corrected chi connectivity index (χ3v) is 7.90. The van der Waals surface area contributed by atoms with Crippen LogP contribution in [0.2, 0.25) is 5.02 Å². The van der Waals surface area contributed by atoms with Crippen LogP contribution in [0.1, 0.15) is 88.7 Å². The second-order valence-electron chi connectivity index (χ2n) is 14.1. The molecule has 1 saturated carbocycles. The highest BCUT2D eigenvalue weighted by atomic mass is 35.5. The van der Waals surface area contributed by atoms with Gasteiger partial charge in [0.25, 0.3) is 5.91 Å². The number of likely N-dealkylation sites (N-methyl/N-ethyl adjacent to an activating group) is 1. The maximum Gasteiger partial charge on any atom is 0.407 e. The van der Waals surface area contributed by atoms with Crippen LogP contribution in [-0.2, 0) is 9.53 Å². The van der Waals surface area contributed by atoms with Gasteiger partial charge in [-0.05, 0) is 79.6 Å². The topological polar surface area (TPSA) is 147 Å². The quantitative estimate of drug-likeness (QED) is 0.113. The number of nitrogens with two attached hydrogens (primary N) is 2. The molecule has 2 aromatic carbocycles. The zero-order chi connectivity index (χ0) is 37.2. The number of nitrogens with one attached hydrogen (secondary N) is 3. The zero-order valence-corrected chi connectivity index (χ0v) is 30.6. The fraction of sp³-hybridized carbons (Fsp3) is 0.432. The van der Waals surface area contributed by atoms with Crippen LogP contribution in [0.15, 0.2) is 71.9 Å². The number of alkyl carbamates (subject to hydrolysis) is 1. The monoisotopic (exact) mass is 713 g/mol. The molecule has 2 aliphatic rings. The van der Waals surface area contributed by atoms with Crippen LogP contribution in [0, 0.1) is 5.41 Å². The van der Waals surface area contributed by atoms with Gasteiger partial charge in [-0.2, -0.15) is 8.78 Å². The van der Waals surface area contributed by atoms with Gasteiger partial charge in [0.15, 0.2) is 12.0 Å². The van der Waals surface area contributed by atoms with Crippen molar-refractivity contribution >= 4 is 40.8 Å².